The van der Waals surface area contributed by atoms with Gasteiger partial charge in [-0.05, 0) is 110 Å². The summed E-state index contributed by atoms with van der Waals surface area (Å²) < 4.78 is 15.9. The van der Waals surface area contributed by atoms with E-state index in [0.717, 1.165) is 48.6 Å². The Bertz CT molecular complexity index is 1570. The maximum atomic E-state index is 13.5. The molecule has 3 aliphatic heterocycles. The van der Waals surface area contributed by atoms with Gasteiger partial charge in [0.25, 0.3) is 11.8 Å². The van der Waals surface area contributed by atoms with Gasteiger partial charge in [-0.15, -0.1) is 0 Å². The molecule has 0 radical (unpaired) electrons. The van der Waals surface area contributed by atoms with Crippen molar-refractivity contribution >= 4 is 41.1 Å². The number of rotatable bonds is 1. The highest BCUT2D eigenvalue weighted by Crippen LogP contribution is 2.49. The van der Waals surface area contributed by atoms with Crippen LogP contribution in [-0.4, -0.2) is 78.7 Å². The number of likely N-dealkylation sites (N-methyl/N-ethyl adjacent to an activating group) is 1. The van der Waals surface area contributed by atoms with E-state index < -0.39 is 11.7 Å². The largest absolute Gasteiger partial charge is 0.490 e. The third-order valence-corrected chi connectivity index (χ3v) is 12.9. The second-order valence-electron chi connectivity index (χ2n) is 14.5. The fourth-order valence-corrected chi connectivity index (χ4v) is 9.29. The Morgan fingerprint density at radius 2 is 1.98 bits per heavy atom. The maximum absolute atomic E-state index is 13.5. The first kappa shape index (κ1) is 32.8. The van der Waals surface area contributed by atoms with Crippen LogP contribution in [-0.2, 0) is 21.4 Å². The standard InChI is InChI=1S/C37H46ClN3O5S/c1-23-6-4-15-37(44,33-35(43)40(3)16-17-45-33)30-11-8-27(30)20-41-21-36(14-5-7-25-18-28(38)10-12-29(25)36)22-46-32-13-9-26(19-31(32)41)34(42)39-47-24(23)2/h4,9-10,12-13,15,18-19,23-24,27,30,33,44H,5-8,11,14,16-17,20-22H2,1-3H3,(H,39,42)/b15-4+/t23-,24+,27-,30+,33-,36-,37+/m0/s1. The van der Waals surface area contributed by atoms with Crippen LogP contribution in [0.15, 0.2) is 48.6 Å². The molecule has 1 spiro atoms. The van der Waals surface area contributed by atoms with E-state index in [1.807, 2.05) is 36.4 Å². The van der Waals surface area contributed by atoms with Crippen molar-refractivity contribution in [2.75, 3.05) is 44.8 Å². The highest BCUT2D eigenvalue weighted by Gasteiger charge is 2.55. The molecule has 252 valence electrons. The number of hydrogen-bond acceptors (Lipinski definition) is 7. The highest BCUT2D eigenvalue weighted by molar-refractivity contribution is 7.98. The number of aryl methyl sites for hydroxylation is 1. The monoisotopic (exact) mass is 679 g/mol. The number of carbonyl (C=O) groups is 2. The van der Waals surface area contributed by atoms with Gasteiger partial charge in [0.1, 0.15) is 11.4 Å². The summed E-state index contributed by atoms with van der Waals surface area (Å²) in [5.41, 5.74) is 2.33. The minimum Gasteiger partial charge on any atom is -0.490 e. The van der Waals surface area contributed by atoms with Crippen LogP contribution < -0.4 is 14.4 Å². The van der Waals surface area contributed by atoms with Crippen molar-refractivity contribution in [2.24, 2.45) is 17.8 Å². The number of hydrogen-bond donors (Lipinski definition) is 2. The van der Waals surface area contributed by atoms with Gasteiger partial charge in [-0.3, -0.25) is 14.3 Å². The number of amides is 2. The molecule has 1 saturated carbocycles. The molecule has 8 nitrogen and oxygen atoms in total. The van der Waals surface area contributed by atoms with Crippen LogP contribution in [0.25, 0.3) is 0 Å². The fraction of sp³-hybridized carbons (Fsp3) is 0.568. The van der Waals surface area contributed by atoms with Gasteiger partial charge in [-0.2, -0.15) is 0 Å². The first-order chi connectivity index (χ1) is 22.6. The summed E-state index contributed by atoms with van der Waals surface area (Å²) in [4.78, 5) is 31.1. The van der Waals surface area contributed by atoms with E-state index in [4.69, 9.17) is 21.1 Å². The summed E-state index contributed by atoms with van der Waals surface area (Å²) in [7, 11) is 1.79. The van der Waals surface area contributed by atoms with E-state index in [-0.39, 0.29) is 40.2 Å². The van der Waals surface area contributed by atoms with Gasteiger partial charge in [0.2, 0.25) is 0 Å². The lowest BCUT2D eigenvalue weighted by atomic mass is 9.62. The smallest absolute Gasteiger partial charge is 0.261 e. The fourth-order valence-electron chi connectivity index (χ4n) is 8.35. The minimum atomic E-state index is -1.44. The number of carbonyl (C=O) groups excluding carboxylic acids is 2. The molecule has 2 amide bonds. The average Bonchev–Trinajstić information content (AvgIpc) is 3.19. The Morgan fingerprint density at radius 1 is 1.13 bits per heavy atom. The summed E-state index contributed by atoms with van der Waals surface area (Å²) >= 11 is 7.88. The van der Waals surface area contributed by atoms with E-state index in [0.29, 0.717) is 44.8 Å². The van der Waals surface area contributed by atoms with Crippen molar-refractivity contribution in [2.45, 2.75) is 74.7 Å². The number of nitrogens with zero attached hydrogens (tertiary/aromatic N) is 2. The van der Waals surface area contributed by atoms with E-state index in [1.54, 1.807) is 11.9 Å². The SMILES string of the molecule is C[C@H]1C/C=C/[C@](O)([C@H]2OCCN(C)C2=O)[C@@H]2CC[C@H]2CN2C[C@@]3(CCCc4cc(Cl)ccc43)COc3ccc(cc32)C(=O)NS[C@@H]1C. The number of nitrogens with one attached hydrogen (secondary N) is 1. The summed E-state index contributed by atoms with van der Waals surface area (Å²) in [6.45, 7) is 7.06. The van der Waals surface area contributed by atoms with Gasteiger partial charge >= 0.3 is 0 Å². The van der Waals surface area contributed by atoms with E-state index in [1.165, 1.54) is 23.1 Å². The first-order valence-corrected chi connectivity index (χ1v) is 18.4. The Morgan fingerprint density at radius 3 is 2.79 bits per heavy atom. The van der Waals surface area contributed by atoms with Crippen molar-refractivity contribution < 1.29 is 24.2 Å². The molecular formula is C37H46ClN3O5S. The first-order valence-electron chi connectivity index (χ1n) is 17.1. The summed E-state index contributed by atoms with van der Waals surface area (Å²) in [6, 6.07) is 12.0. The quantitative estimate of drug-likeness (QED) is 0.291. The van der Waals surface area contributed by atoms with Crippen LogP contribution >= 0.6 is 23.5 Å². The molecule has 0 aromatic heterocycles. The van der Waals surface area contributed by atoms with Crippen molar-refractivity contribution in [1.82, 2.24) is 9.62 Å². The lowest BCUT2D eigenvalue weighted by molar-refractivity contribution is -0.185. The second-order valence-corrected chi connectivity index (χ2v) is 16.1. The maximum Gasteiger partial charge on any atom is 0.261 e. The minimum absolute atomic E-state index is 0.0989. The zero-order valence-corrected chi connectivity index (χ0v) is 29.1. The number of allylic oxidation sites excluding steroid dienone is 1. The number of fused-ring (bicyclic) bond motifs is 4. The van der Waals surface area contributed by atoms with Crippen LogP contribution in [0, 0.1) is 17.8 Å². The van der Waals surface area contributed by atoms with Crippen LogP contribution in [0.4, 0.5) is 5.69 Å². The zero-order chi connectivity index (χ0) is 32.9. The van der Waals surface area contributed by atoms with Crippen LogP contribution in [0.1, 0.15) is 67.4 Å². The van der Waals surface area contributed by atoms with Crippen LogP contribution in [0.5, 0.6) is 5.75 Å². The number of benzene rings is 2. The molecule has 2 bridgehead atoms. The normalized spacial score (nSPS) is 35.1. The molecule has 10 heteroatoms. The molecule has 0 unspecified atom stereocenters. The molecule has 2 aliphatic carbocycles. The Balaban J connectivity index is 1.31. The molecule has 47 heavy (non-hydrogen) atoms. The molecule has 3 heterocycles. The van der Waals surface area contributed by atoms with Gasteiger partial charge in [-0.1, -0.05) is 43.7 Å². The zero-order valence-electron chi connectivity index (χ0n) is 27.5. The number of ether oxygens (including phenoxy) is 2. The second kappa shape index (κ2) is 13.0. The number of halogens is 1. The van der Waals surface area contributed by atoms with E-state index in [2.05, 4.69) is 35.6 Å². The molecule has 5 aliphatic rings. The third kappa shape index (κ3) is 6.06. The summed E-state index contributed by atoms with van der Waals surface area (Å²) in [5.74, 6) is 0.621. The molecule has 2 aromatic rings. The molecule has 1 saturated heterocycles. The Kier molecular flexibility index (Phi) is 9.04. The Hall–Kier alpha value is -2.72. The molecule has 7 atom stereocenters. The van der Waals surface area contributed by atoms with Crippen molar-refractivity contribution in [1.29, 1.82) is 0 Å². The van der Waals surface area contributed by atoms with Crippen LogP contribution in [0.2, 0.25) is 5.02 Å². The topological polar surface area (TPSA) is 91.3 Å². The lowest BCUT2D eigenvalue weighted by Gasteiger charge is -2.51. The molecule has 2 fully saturated rings. The van der Waals surface area contributed by atoms with Crippen molar-refractivity contribution in [3.63, 3.8) is 0 Å². The Labute approximate surface area is 287 Å². The van der Waals surface area contributed by atoms with Crippen LogP contribution in [0.3, 0.4) is 0 Å². The molecular weight excluding hydrogens is 634 g/mol. The van der Waals surface area contributed by atoms with Gasteiger partial charge < -0.3 is 24.4 Å². The summed E-state index contributed by atoms with van der Waals surface area (Å²) in [6.07, 6.45) is 8.37. The number of anilines is 1. The molecule has 7 rings (SSSR count). The number of morpholine rings is 1. The van der Waals surface area contributed by atoms with Gasteiger partial charge in [0.15, 0.2) is 6.10 Å². The molecule has 2 N–H and O–H groups in total. The number of aliphatic hydroxyl groups is 1. The van der Waals surface area contributed by atoms with E-state index >= 15 is 0 Å². The van der Waals surface area contributed by atoms with Gasteiger partial charge in [0, 0.05) is 47.9 Å². The predicted octanol–water partition coefficient (Wildman–Crippen LogP) is 5.79. The van der Waals surface area contributed by atoms with Gasteiger partial charge in [0.05, 0.1) is 18.9 Å². The lowest BCUT2D eigenvalue weighted by Crippen LogP contribution is -2.63. The summed E-state index contributed by atoms with van der Waals surface area (Å²) in [5, 5.41) is 13.5. The molecule has 2 aromatic carbocycles. The van der Waals surface area contributed by atoms with E-state index in [9.17, 15) is 14.7 Å². The highest BCUT2D eigenvalue weighted by atomic mass is 35.5. The average molecular weight is 680 g/mol. The van der Waals surface area contributed by atoms with Crippen molar-refractivity contribution in [3.05, 3.63) is 70.3 Å². The van der Waals surface area contributed by atoms with Gasteiger partial charge in [-0.25, -0.2) is 0 Å². The van der Waals surface area contributed by atoms with Crippen molar-refractivity contribution in [3.8, 4) is 5.75 Å². The third-order valence-electron chi connectivity index (χ3n) is 11.5. The predicted molar refractivity (Wildman–Crippen MR) is 186 cm³/mol.